The molecule has 6 nitrogen and oxygen atoms in total. The van der Waals surface area contributed by atoms with Gasteiger partial charge in [0.1, 0.15) is 10.6 Å². The lowest BCUT2D eigenvalue weighted by molar-refractivity contribution is 0.0685. The Bertz CT molecular complexity index is 602. The molecule has 21 heavy (non-hydrogen) atoms. The van der Waals surface area contributed by atoms with Crippen LogP contribution in [0.3, 0.4) is 0 Å². The van der Waals surface area contributed by atoms with Gasteiger partial charge in [0, 0.05) is 19.3 Å². The molecule has 0 amide bonds. The van der Waals surface area contributed by atoms with E-state index in [1.54, 1.807) is 0 Å². The van der Waals surface area contributed by atoms with Gasteiger partial charge < -0.3 is 9.67 Å². The molecule has 7 heteroatoms. The Kier molecular flexibility index (Phi) is 5.58. The quantitative estimate of drug-likeness (QED) is 0.770. The Balaban J connectivity index is 3.03. The smallest absolute Gasteiger partial charge is 0.352 e. The van der Waals surface area contributed by atoms with Crippen molar-refractivity contribution >= 4 is 16.0 Å². The monoisotopic (exact) mass is 316 g/mol. The van der Waals surface area contributed by atoms with Crippen LogP contribution in [-0.2, 0) is 16.6 Å². The van der Waals surface area contributed by atoms with Crippen molar-refractivity contribution in [2.45, 2.75) is 52.0 Å². The van der Waals surface area contributed by atoms with Gasteiger partial charge in [-0.25, -0.2) is 17.9 Å². The molecule has 0 aliphatic carbocycles. The third kappa shape index (κ3) is 4.57. The maximum absolute atomic E-state index is 12.3. The van der Waals surface area contributed by atoms with Gasteiger partial charge in [0.25, 0.3) is 0 Å². The summed E-state index contributed by atoms with van der Waals surface area (Å²) in [5.74, 6) is -1.13. The Hall–Kier alpha value is -1.34. The SMILES string of the molecule is CCCn1cc(S(=O)(=O)NCC(C)(C)CC)cc1C(=O)O. The molecule has 1 aromatic heterocycles. The standard InChI is InChI=1S/C14H24N2O4S/c1-5-7-16-9-11(8-12(16)13(17)18)21(19,20)15-10-14(3,4)6-2/h8-9,15H,5-7,10H2,1-4H3,(H,17,18). The average Bonchev–Trinajstić information content (AvgIpc) is 2.82. The van der Waals surface area contributed by atoms with Crippen molar-refractivity contribution in [3.05, 3.63) is 18.0 Å². The van der Waals surface area contributed by atoms with E-state index >= 15 is 0 Å². The van der Waals surface area contributed by atoms with Crippen LogP contribution in [0.5, 0.6) is 0 Å². The lowest BCUT2D eigenvalue weighted by atomic mass is 9.91. The Morgan fingerprint density at radius 1 is 1.38 bits per heavy atom. The molecule has 120 valence electrons. The summed E-state index contributed by atoms with van der Waals surface area (Å²) in [5.41, 5.74) is -0.152. The van der Waals surface area contributed by atoms with Crippen molar-refractivity contribution in [3.63, 3.8) is 0 Å². The molecular weight excluding hydrogens is 292 g/mol. The van der Waals surface area contributed by atoms with Crippen LogP contribution in [0.4, 0.5) is 0 Å². The van der Waals surface area contributed by atoms with Crippen molar-refractivity contribution in [2.75, 3.05) is 6.54 Å². The number of aromatic nitrogens is 1. The highest BCUT2D eigenvalue weighted by Gasteiger charge is 2.24. The molecule has 1 rings (SSSR count). The van der Waals surface area contributed by atoms with E-state index in [4.69, 9.17) is 5.11 Å². The molecule has 0 saturated carbocycles. The normalized spacial score (nSPS) is 12.6. The van der Waals surface area contributed by atoms with Crippen LogP contribution in [0.2, 0.25) is 0 Å². The minimum atomic E-state index is -3.69. The fourth-order valence-corrected chi connectivity index (χ4v) is 3.01. The molecule has 0 saturated heterocycles. The van der Waals surface area contributed by atoms with Gasteiger partial charge in [-0.15, -0.1) is 0 Å². The fourth-order valence-electron chi connectivity index (χ4n) is 1.73. The Labute approximate surface area is 126 Å². The number of carbonyl (C=O) groups is 1. The summed E-state index contributed by atoms with van der Waals surface area (Å²) in [6, 6.07) is 1.21. The van der Waals surface area contributed by atoms with Crippen LogP contribution in [0.25, 0.3) is 0 Å². The average molecular weight is 316 g/mol. The highest BCUT2D eigenvalue weighted by atomic mass is 32.2. The zero-order valence-corrected chi connectivity index (χ0v) is 13.8. The van der Waals surface area contributed by atoms with E-state index in [1.165, 1.54) is 16.8 Å². The fraction of sp³-hybridized carbons (Fsp3) is 0.643. The Morgan fingerprint density at radius 3 is 2.48 bits per heavy atom. The van der Waals surface area contributed by atoms with E-state index in [9.17, 15) is 13.2 Å². The third-order valence-corrected chi connectivity index (χ3v) is 4.93. The van der Waals surface area contributed by atoms with Gasteiger partial charge in [0.2, 0.25) is 10.0 Å². The first kappa shape index (κ1) is 17.7. The van der Waals surface area contributed by atoms with Crippen LogP contribution in [0.15, 0.2) is 17.2 Å². The van der Waals surface area contributed by atoms with Crippen LogP contribution in [-0.4, -0.2) is 30.6 Å². The molecule has 0 atom stereocenters. The number of carboxylic acids is 1. The van der Waals surface area contributed by atoms with Gasteiger partial charge in [-0.3, -0.25) is 0 Å². The zero-order valence-electron chi connectivity index (χ0n) is 13.0. The van der Waals surface area contributed by atoms with E-state index in [-0.39, 0.29) is 16.0 Å². The van der Waals surface area contributed by atoms with E-state index in [0.29, 0.717) is 13.1 Å². The number of aryl methyl sites for hydroxylation is 1. The molecule has 0 spiro atoms. The molecule has 0 unspecified atom stereocenters. The van der Waals surface area contributed by atoms with Gasteiger partial charge in [0.05, 0.1) is 0 Å². The molecule has 0 aliphatic heterocycles. The van der Waals surface area contributed by atoms with Crippen molar-refractivity contribution in [1.29, 1.82) is 0 Å². The summed E-state index contributed by atoms with van der Waals surface area (Å²) in [4.78, 5) is 11.2. The second kappa shape index (κ2) is 6.62. The first-order valence-electron chi connectivity index (χ1n) is 7.06. The zero-order chi connectivity index (χ0) is 16.3. The molecule has 2 N–H and O–H groups in total. The number of sulfonamides is 1. The largest absolute Gasteiger partial charge is 0.477 e. The second-order valence-electron chi connectivity index (χ2n) is 5.90. The van der Waals surface area contributed by atoms with Gasteiger partial charge in [-0.1, -0.05) is 27.7 Å². The first-order valence-corrected chi connectivity index (χ1v) is 8.54. The highest BCUT2D eigenvalue weighted by molar-refractivity contribution is 7.89. The van der Waals surface area contributed by atoms with Crippen LogP contribution < -0.4 is 4.72 Å². The summed E-state index contributed by atoms with van der Waals surface area (Å²) in [6.45, 7) is 8.63. The van der Waals surface area contributed by atoms with Gasteiger partial charge >= 0.3 is 5.97 Å². The van der Waals surface area contributed by atoms with Crippen LogP contribution >= 0.6 is 0 Å². The topological polar surface area (TPSA) is 88.4 Å². The van der Waals surface area contributed by atoms with Crippen molar-refractivity contribution < 1.29 is 18.3 Å². The van der Waals surface area contributed by atoms with E-state index in [1.807, 2.05) is 27.7 Å². The second-order valence-corrected chi connectivity index (χ2v) is 7.67. The Morgan fingerprint density at radius 2 is 2.00 bits per heavy atom. The minimum absolute atomic E-state index is 0.000234. The number of aromatic carboxylic acids is 1. The molecule has 0 aromatic carbocycles. The van der Waals surface area contributed by atoms with Gasteiger partial charge in [-0.05, 0) is 24.3 Å². The van der Waals surface area contributed by atoms with E-state index in [2.05, 4.69) is 4.72 Å². The van der Waals surface area contributed by atoms with Gasteiger partial charge in [0.15, 0.2) is 0 Å². The number of hydrogen-bond acceptors (Lipinski definition) is 3. The minimum Gasteiger partial charge on any atom is -0.477 e. The number of nitrogens with zero attached hydrogens (tertiary/aromatic N) is 1. The molecule has 0 radical (unpaired) electrons. The molecule has 0 aliphatic rings. The maximum Gasteiger partial charge on any atom is 0.352 e. The summed E-state index contributed by atoms with van der Waals surface area (Å²) >= 11 is 0. The van der Waals surface area contributed by atoms with Crippen molar-refractivity contribution in [3.8, 4) is 0 Å². The predicted octanol–water partition coefficient (Wildman–Crippen LogP) is 2.31. The van der Waals surface area contributed by atoms with E-state index in [0.717, 1.165) is 12.8 Å². The maximum atomic E-state index is 12.3. The van der Waals surface area contributed by atoms with Crippen molar-refractivity contribution in [1.82, 2.24) is 9.29 Å². The third-order valence-electron chi connectivity index (χ3n) is 3.56. The molecule has 0 bridgehead atoms. The summed E-state index contributed by atoms with van der Waals surface area (Å²) in [6.07, 6.45) is 2.95. The molecule has 1 heterocycles. The summed E-state index contributed by atoms with van der Waals surface area (Å²) in [7, 11) is -3.69. The molecular formula is C14H24N2O4S. The lowest BCUT2D eigenvalue weighted by Crippen LogP contribution is -2.33. The number of rotatable bonds is 8. The highest BCUT2D eigenvalue weighted by Crippen LogP contribution is 2.20. The number of hydrogen-bond donors (Lipinski definition) is 2. The predicted molar refractivity (Wildman–Crippen MR) is 80.9 cm³/mol. The van der Waals surface area contributed by atoms with Crippen molar-refractivity contribution in [2.24, 2.45) is 5.41 Å². The lowest BCUT2D eigenvalue weighted by Gasteiger charge is -2.22. The number of carboxylic acid groups (broad SMARTS) is 1. The molecule has 1 aromatic rings. The summed E-state index contributed by atoms with van der Waals surface area (Å²) in [5, 5.41) is 9.13. The van der Waals surface area contributed by atoms with Gasteiger partial charge in [-0.2, -0.15) is 0 Å². The summed E-state index contributed by atoms with van der Waals surface area (Å²) < 4.78 is 28.6. The van der Waals surface area contributed by atoms with E-state index < -0.39 is 16.0 Å². The number of nitrogens with one attached hydrogen (secondary N) is 1. The first-order chi connectivity index (χ1) is 9.63. The molecule has 0 fully saturated rings. The van der Waals surface area contributed by atoms with Crippen LogP contribution in [0, 0.1) is 5.41 Å². The van der Waals surface area contributed by atoms with Crippen LogP contribution in [0.1, 0.15) is 51.0 Å².